The number of benzene rings is 1. The van der Waals surface area contributed by atoms with Gasteiger partial charge in [0.2, 0.25) is 0 Å². The van der Waals surface area contributed by atoms with Crippen LogP contribution in [0.3, 0.4) is 0 Å². The predicted molar refractivity (Wildman–Crippen MR) is 142 cm³/mol. The lowest BCUT2D eigenvalue weighted by atomic mass is 10.4. The van der Waals surface area contributed by atoms with Crippen LogP contribution in [-0.4, -0.2) is 54.2 Å². The molecule has 0 aliphatic heterocycles. The summed E-state index contributed by atoms with van der Waals surface area (Å²) < 4.78 is 4.01. The van der Waals surface area contributed by atoms with E-state index in [1.54, 1.807) is 6.33 Å². The van der Waals surface area contributed by atoms with E-state index in [2.05, 4.69) is 66.8 Å². The highest BCUT2D eigenvalue weighted by Crippen LogP contribution is 2.15. The van der Waals surface area contributed by atoms with Crippen LogP contribution in [0.1, 0.15) is 18.6 Å². The van der Waals surface area contributed by atoms with Gasteiger partial charge in [-0.1, -0.05) is 31.2 Å². The highest BCUT2D eigenvalue weighted by molar-refractivity contribution is 14.0. The van der Waals surface area contributed by atoms with Crippen molar-refractivity contribution in [1.29, 1.82) is 0 Å². The van der Waals surface area contributed by atoms with Crippen molar-refractivity contribution in [2.24, 2.45) is 4.99 Å². The third kappa shape index (κ3) is 7.16. The summed E-state index contributed by atoms with van der Waals surface area (Å²) in [7, 11) is 0. The second-order valence-electron chi connectivity index (χ2n) is 7.02. The van der Waals surface area contributed by atoms with Gasteiger partial charge in [-0.15, -0.1) is 56.1 Å². The highest BCUT2D eigenvalue weighted by atomic mass is 127. The lowest BCUT2D eigenvalue weighted by molar-refractivity contribution is 0.632. The number of nitrogens with zero attached hydrogens (tertiary/aromatic N) is 7. The molecule has 0 amide bonds. The number of rotatable bonds is 10. The number of aromatic nitrogens is 6. The predicted octanol–water partition coefficient (Wildman–Crippen LogP) is 3.03. The van der Waals surface area contributed by atoms with Crippen molar-refractivity contribution in [2.45, 2.75) is 31.3 Å². The second-order valence-corrected chi connectivity index (χ2v) is 8.19. The Labute approximate surface area is 214 Å². The largest absolute Gasteiger partial charge is 0.356 e. The Balaban J connectivity index is 0.00000306. The summed E-state index contributed by atoms with van der Waals surface area (Å²) in [5.41, 5.74) is 0.819. The molecule has 2 N–H and O–H groups in total. The summed E-state index contributed by atoms with van der Waals surface area (Å²) in [6.07, 6.45) is 4.58. The molecular weight excluding hydrogens is 549 g/mol. The maximum atomic E-state index is 4.74. The fourth-order valence-electron chi connectivity index (χ4n) is 3.21. The van der Waals surface area contributed by atoms with Crippen molar-refractivity contribution < 1.29 is 0 Å². The highest BCUT2D eigenvalue weighted by Gasteiger charge is 2.06. The molecule has 9 nitrogen and oxygen atoms in total. The van der Waals surface area contributed by atoms with Gasteiger partial charge in [0, 0.05) is 42.9 Å². The van der Waals surface area contributed by atoms with Crippen LogP contribution < -0.4 is 10.6 Å². The topological polar surface area (TPSA) is 97.3 Å². The first kappa shape index (κ1) is 25.0. The van der Waals surface area contributed by atoms with Crippen LogP contribution in [-0.2, 0) is 19.5 Å². The summed E-state index contributed by atoms with van der Waals surface area (Å²) in [4.78, 5) is 6.00. The Hall–Kier alpha value is -2.67. The van der Waals surface area contributed by atoms with Gasteiger partial charge >= 0.3 is 0 Å². The third-order valence-electron chi connectivity index (χ3n) is 4.83. The van der Waals surface area contributed by atoms with Crippen LogP contribution in [0, 0.1) is 0 Å². The van der Waals surface area contributed by atoms with E-state index in [1.165, 1.54) is 4.90 Å². The molecule has 0 aliphatic rings. The number of fused-ring (bicyclic) bond motifs is 1. The van der Waals surface area contributed by atoms with Crippen LogP contribution in [0.4, 0.5) is 0 Å². The average molecular weight is 578 g/mol. The minimum atomic E-state index is 0. The molecular formula is C22H28IN9S. The van der Waals surface area contributed by atoms with E-state index in [-0.39, 0.29) is 24.0 Å². The fraction of sp³-hybridized carbons (Fsp3) is 0.318. The average Bonchev–Trinajstić information content (AvgIpc) is 3.47. The number of aryl methyl sites for hydroxylation is 1. The Kier molecular flexibility index (Phi) is 9.94. The first-order valence-corrected chi connectivity index (χ1v) is 11.7. The molecule has 0 aliphatic carbocycles. The molecule has 174 valence electrons. The van der Waals surface area contributed by atoms with Gasteiger partial charge < -0.3 is 15.2 Å². The molecule has 4 rings (SSSR count). The fourth-order valence-corrected chi connectivity index (χ4v) is 4.00. The van der Waals surface area contributed by atoms with E-state index in [4.69, 9.17) is 4.99 Å². The van der Waals surface area contributed by atoms with Gasteiger partial charge in [-0.25, -0.2) is 4.99 Å². The number of pyridine rings is 1. The maximum absolute atomic E-state index is 4.74. The quantitative estimate of drug-likeness (QED) is 0.0984. The summed E-state index contributed by atoms with van der Waals surface area (Å²) in [5, 5.41) is 23.5. The molecule has 0 radical (unpaired) electrons. The van der Waals surface area contributed by atoms with Crippen molar-refractivity contribution >= 4 is 47.3 Å². The molecule has 4 aromatic rings. The van der Waals surface area contributed by atoms with Gasteiger partial charge in [0.1, 0.15) is 18.7 Å². The summed E-state index contributed by atoms with van der Waals surface area (Å²) >= 11 is 1.81. The SMILES string of the molecule is CCc1nncn1CCNC(=NCc1nnc2ccccn12)NCCSc1ccccc1.I. The van der Waals surface area contributed by atoms with Crippen LogP contribution >= 0.6 is 35.7 Å². The van der Waals surface area contributed by atoms with E-state index >= 15 is 0 Å². The molecule has 0 spiro atoms. The zero-order valence-electron chi connectivity index (χ0n) is 18.5. The maximum Gasteiger partial charge on any atom is 0.191 e. The Bertz CT molecular complexity index is 1140. The van der Waals surface area contributed by atoms with Gasteiger partial charge in [-0.3, -0.25) is 4.40 Å². The monoisotopic (exact) mass is 577 g/mol. The second kappa shape index (κ2) is 13.1. The van der Waals surface area contributed by atoms with E-state index < -0.39 is 0 Å². The first-order valence-electron chi connectivity index (χ1n) is 10.7. The minimum absolute atomic E-state index is 0. The Morgan fingerprint density at radius 1 is 0.970 bits per heavy atom. The number of hydrogen-bond donors (Lipinski definition) is 2. The summed E-state index contributed by atoms with van der Waals surface area (Å²) in [6.45, 7) is 4.78. The van der Waals surface area contributed by atoms with Crippen LogP contribution in [0.25, 0.3) is 5.65 Å². The first-order chi connectivity index (χ1) is 15.8. The lowest BCUT2D eigenvalue weighted by Gasteiger charge is -2.13. The molecule has 0 saturated heterocycles. The zero-order chi connectivity index (χ0) is 22.0. The van der Waals surface area contributed by atoms with Crippen LogP contribution in [0.5, 0.6) is 0 Å². The minimum Gasteiger partial charge on any atom is -0.356 e. The Morgan fingerprint density at radius 2 is 1.79 bits per heavy atom. The molecule has 0 bridgehead atoms. The summed E-state index contributed by atoms with van der Waals surface area (Å²) in [6, 6.07) is 16.2. The third-order valence-corrected chi connectivity index (χ3v) is 5.84. The van der Waals surface area contributed by atoms with Gasteiger partial charge in [-0.05, 0) is 24.3 Å². The summed E-state index contributed by atoms with van der Waals surface area (Å²) in [5.74, 6) is 3.46. The van der Waals surface area contributed by atoms with Crippen molar-refractivity contribution in [2.75, 3.05) is 18.8 Å². The number of halogens is 1. The van der Waals surface area contributed by atoms with Gasteiger partial charge in [0.05, 0.1) is 0 Å². The molecule has 0 unspecified atom stereocenters. The molecule has 3 aromatic heterocycles. The number of guanidine groups is 1. The normalized spacial score (nSPS) is 11.4. The van der Waals surface area contributed by atoms with Crippen molar-refractivity contribution in [1.82, 2.24) is 40.0 Å². The zero-order valence-corrected chi connectivity index (χ0v) is 21.6. The van der Waals surface area contributed by atoms with Gasteiger partial charge in [-0.2, -0.15) is 0 Å². The van der Waals surface area contributed by atoms with E-state index in [9.17, 15) is 0 Å². The van der Waals surface area contributed by atoms with E-state index in [1.807, 2.05) is 46.6 Å². The van der Waals surface area contributed by atoms with E-state index in [0.29, 0.717) is 13.1 Å². The standard InChI is InChI=1S/C22H27N9S.HI/c1-2-19-27-26-17-30(19)14-11-23-22(24-12-15-32-18-8-4-3-5-9-18)25-16-21-29-28-20-10-6-7-13-31(20)21;/h3-10,13,17H,2,11-12,14-16H2,1H3,(H2,23,24,25);1H. The van der Waals surface area contributed by atoms with Gasteiger partial charge in [0.15, 0.2) is 17.4 Å². The lowest BCUT2D eigenvalue weighted by Crippen LogP contribution is -2.40. The van der Waals surface area contributed by atoms with Gasteiger partial charge in [0.25, 0.3) is 0 Å². The number of aliphatic imine (C=N–C) groups is 1. The molecule has 11 heteroatoms. The van der Waals surface area contributed by atoms with Crippen LogP contribution in [0.2, 0.25) is 0 Å². The Morgan fingerprint density at radius 3 is 2.64 bits per heavy atom. The van der Waals surface area contributed by atoms with Crippen LogP contribution in [0.15, 0.2) is 70.9 Å². The van der Waals surface area contributed by atoms with Crippen molar-refractivity contribution in [3.63, 3.8) is 0 Å². The molecule has 0 atom stereocenters. The molecule has 3 heterocycles. The molecule has 1 aromatic carbocycles. The molecule has 0 saturated carbocycles. The van der Waals surface area contributed by atoms with E-state index in [0.717, 1.165) is 48.5 Å². The number of hydrogen-bond acceptors (Lipinski definition) is 6. The number of thioether (sulfide) groups is 1. The number of nitrogens with one attached hydrogen (secondary N) is 2. The van der Waals surface area contributed by atoms with Crippen molar-refractivity contribution in [3.05, 3.63) is 72.7 Å². The molecule has 33 heavy (non-hydrogen) atoms. The smallest absolute Gasteiger partial charge is 0.191 e. The molecule has 0 fully saturated rings. The van der Waals surface area contributed by atoms with Crippen molar-refractivity contribution in [3.8, 4) is 0 Å².